The molecular weight excluding hydrogens is 246 g/mol. The summed E-state index contributed by atoms with van der Waals surface area (Å²) in [7, 11) is 1.10. The van der Waals surface area contributed by atoms with Gasteiger partial charge >= 0.3 is 5.97 Å². The zero-order valence-corrected chi connectivity index (χ0v) is 9.91. The highest BCUT2D eigenvalue weighted by Crippen LogP contribution is 2.17. The van der Waals surface area contributed by atoms with Gasteiger partial charge in [-0.15, -0.1) is 0 Å². The maximum absolute atomic E-state index is 12.9. The van der Waals surface area contributed by atoms with Crippen LogP contribution in [0.1, 0.15) is 13.3 Å². The number of hydrogen-bond donors (Lipinski definition) is 0. The van der Waals surface area contributed by atoms with Crippen LogP contribution in [-0.4, -0.2) is 25.0 Å². The minimum atomic E-state index is -1.47. The molecule has 0 bridgehead atoms. The molecule has 0 aliphatic rings. The van der Waals surface area contributed by atoms with Crippen molar-refractivity contribution in [1.82, 2.24) is 0 Å². The normalized spacial score (nSPS) is 11.8. The quantitative estimate of drug-likeness (QED) is 0.597. The first-order chi connectivity index (χ1) is 8.49. The van der Waals surface area contributed by atoms with Gasteiger partial charge in [-0.25, -0.2) is 13.6 Å². The molecule has 1 aromatic carbocycles. The van der Waals surface area contributed by atoms with Crippen molar-refractivity contribution in [3.05, 3.63) is 29.8 Å². The lowest BCUT2D eigenvalue weighted by Crippen LogP contribution is -2.36. The van der Waals surface area contributed by atoms with Crippen molar-refractivity contribution >= 4 is 11.8 Å². The summed E-state index contributed by atoms with van der Waals surface area (Å²) in [5.74, 6) is -3.68. The summed E-state index contributed by atoms with van der Waals surface area (Å²) < 4.78 is 35.1. The summed E-state index contributed by atoms with van der Waals surface area (Å²) in [5, 5.41) is 0. The Bertz CT molecular complexity index is 443. The molecule has 18 heavy (non-hydrogen) atoms. The molecule has 0 aliphatic carbocycles. The van der Waals surface area contributed by atoms with Crippen LogP contribution in [0.4, 0.5) is 8.78 Å². The molecule has 0 fully saturated rings. The fourth-order valence-electron chi connectivity index (χ4n) is 1.22. The summed E-state index contributed by atoms with van der Waals surface area (Å²) in [4.78, 5) is 22.8. The zero-order valence-electron chi connectivity index (χ0n) is 9.91. The Morgan fingerprint density at radius 3 is 2.44 bits per heavy atom. The Hall–Kier alpha value is -1.98. The average molecular weight is 258 g/mol. The molecule has 0 aromatic heterocycles. The summed E-state index contributed by atoms with van der Waals surface area (Å²) in [6.45, 7) is 1.55. The van der Waals surface area contributed by atoms with Gasteiger partial charge in [-0.1, -0.05) is 6.92 Å². The first-order valence-electron chi connectivity index (χ1n) is 5.21. The van der Waals surface area contributed by atoms with Gasteiger partial charge < -0.3 is 9.47 Å². The first-order valence-corrected chi connectivity index (χ1v) is 5.21. The van der Waals surface area contributed by atoms with Crippen molar-refractivity contribution in [1.29, 1.82) is 0 Å². The van der Waals surface area contributed by atoms with Crippen molar-refractivity contribution in [2.75, 3.05) is 7.11 Å². The highest BCUT2D eigenvalue weighted by atomic mass is 19.2. The van der Waals surface area contributed by atoms with Crippen molar-refractivity contribution in [2.45, 2.75) is 19.4 Å². The van der Waals surface area contributed by atoms with E-state index < -0.39 is 29.5 Å². The molecule has 0 N–H and O–H groups in total. The summed E-state index contributed by atoms with van der Waals surface area (Å²) in [5.41, 5.74) is 0. The number of carbonyl (C=O) groups is 2. The van der Waals surface area contributed by atoms with Gasteiger partial charge in [-0.3, -0.25) is 4.79 Å². The minimum Gasteiger partial charge on any atom is -0.471 e. The fraction of sp³-hybridized carbons (Fsp3) is 0.333. The number of hydrogen-bond acceptors (Lipinski definition) is 4. The number of Topliss-reactive ketones (excluding diaryl/α,β-unsaturated/α-hetero) is 1. The Morgan fingerprint density at radius 1 is 1.28 bits per heavy atom. The highest BCUT2D eigenvalue weighted by molar-refractivity contribution is 6.02. The Morgan fingerprint density at radius 2 is 1.94 bits per heavy atom. The van der Waals surface area contributed by atoms with Gasteiger partial charge in [0, 0.05) is 12.5 Å². The smallest absolute Gasteiger partial charge is 0.354 e. The van der Waals surface area contributed by atoms with E-state index in [4.69, 9.17) is 4.74 Å². The summed E-state index contributed by atoms with van der Waals surface area (Å²) in [6, 6.07) is 2.72. The van der Waals surface area contributed by atoms with Crippen LogP contribution in [0.25, 0.3) is 0 Å². The third-order valence-corrected chi connectivity index (χ3v) is 2.20. The lowest BCUT2D eigenvalue weighted by molar-refractivity contribution is -0.153. The number of methoxy groups -OCH3 is 1. The number of esters is 1. The largest absolute Gasteiger partial charge is 0.471 e. The van der Waals surface area contributed by atoms with Crippen LogP contribution in [0.5, 0.6) is 5.75 Å². The van der Waals surface area contributed by atoms with Gasteiger partial charge in [0.15, 0.2) is 17.4 Å². The van der Waals surface area contributed by atoms with E-state index in [0.29, 0.717) is 0 Å². The van der Waals surface area contributed by atoms with Gasteiger partial charge in [-0.2, -0.15) is 0 Å². The molecule has 4 nitrogen and oxygen atoms in total. The molecule has 0 saturated heterocycles. The molecule has 0 radical (unpaired) electrons. The van der Waals surface area contributed by atoms with Crippen LogP contribution < -0.4 is 4.74 Å². The van der Waals surface area contributed by atoms with Crippen LogP contribution in [0.2, 0.25) is 0 Å². The second-order valence-corrected chi connectivity index (χ2v) is 3.42. The maximum atomic E-state index is 12.9. The number of ether oxygens (including phenoxy) is 2. The molecule has 6 heteroatoms. The number of ketones is 1. The van der Waals surface area contributed by atoms with Gasteiger partial charge in [-0.05, 0) is 12.1 Å². The van der Waals surface area contributed by atoms with Gasteiger partial charge in [0.1, 0.15) is 5.75 Å². The predicted molar refractivity (Wildman–Crippen MR) is 58.1 cm³/mol. The molecular formula is C12H12F2O4. The van der Waals surface area contributed by atoms with E-state index in [9.17, 15) is 18.4 Å². The Balaban J connectivity index is 2.92. The second-order valence-electron chi connectivity index (χ2n) is 3.42. The van der Waals surface area contributed by atoms with E-state index in [1.165, 1.54) is 0 Å². The van der Waals surface area contributed by atoms with Crippen molar-refractivity contribution in [2.24, 2.45) is 0 Å². The molecule has 1 aromatic rings. The van der Waals surface area contributed by atoms with Crippen LogP contribution in [-0.2, 0) is 14.3 Å². The molecule has 0 heterocycles. The molecule has 1 atom stereocenters. The monoisotopic (exact) mass is 258 g/mol. The molecule has 0 aliphatic heterocycles. The Kier molecular flexibility index (Phi) is 4.76. The summed E-state index contributed by atoms with van der Waals surface area (Å²) in [6.07, 6.45) is -1.41. The van der Waals surface area contributed by atoms with Gasteiger partial charge in [0.2, 0.25) is 0 Å². The van der Waals surface area contributed by atoms with E-state index >= 15 is 0 Å². The molecule has 98 valence electrons. The van der Waals surface area contributed by atoms with Crippen molar-refractivity contribution in [3.63, 3.8) is 0 Å². The van der Waals surface area contributed by atoms with Crippen molar-refractivity contribution in [3.8, 4) is 5.75 Å². The topological polar surface area (TPSA) is 52.6 Å². The molecule has 0 spiro atoms. The van der Waals surface area contributed by atoms with Crippen LogP contribution in [0.15, 0.2) is 18.2 Å². The van der Waals surface area contributed by atoms with Crippen LogP contribution >= 0.6 is 0 Å². The first kappa shape index (κ1) is 14.1. The van der Waals surface area contributed by atoms with E-state index in [1.54, 1.807) is 6.92 Å². The molecule has 0 amide bonds. The SMILES string of the molecule is CCC(=O)C(Oc1ccc(F)c(F)c1)C(=O)OC. The lowest BCUT2D eigenvalue weighted by atomic mass is 10.2. The minimum absolute atomic E-state index is 0.0590. The third kappa shape index (κ3) is 3.26. The van der Waals surface area contributed by atoms with E-state index in [-0.39, 0.29) is 12.2 Å². The third-order valence-electron chi connectivity index (χ3n) is 2.20. The second kappa shape index (κ2) is 6.09. The fourth-order valence-corrected chi connectivity index (χ4v) is 1.22. The number of halogens is 2. The maximum Gasteiger partial charge on any atom is 0.354 e. The average Bonchev–Trinajstić information content (AvgIpc) is 2.38. The standard InChI is InChI=1S/C12H12F2O4/c1-3-10(15)11(12(16)17-2)18-7-4-5-8(13)9(14)6-7/h4-6,11H,3H2,1-2H3. The van der Waals surface area contributed by atoms with E-state index in [1.807, 2.05) is 0 Å². The highest BCUT2D eigenvalue weighted by Gasteiger charge is 2.28. The molecule has 1 rings (SSSR count). The van der Waals surface area contributed by atoms with Gasteiger partial charge in [0.25, 0.3) is 6.10 Å². The molecule has 0 saturated carbocycles. The summed E-state index contributed by atoms with van der Waals surface area (Å²) >= 11 is 0. The molecule has 1 unspecified atom stereocenters. The van der Waals surface area contributed by atoms with Gasteiger partial charge in [0.05, 0.1) is 7.11 Å². The Labute approximate surface area is 103 Å². The van der Waals surface area contributed by atoms with Crippen LogP contribution in [0, 0.1) is 11.6 Å². The van der Waals surface area contributed by atoms with Crippen molar-refractivity contribution < 1.29 is 27.8 Å². The number of carbonyl (C=O) groups excluding carboxylic acids is 2. The van der Waals surface area contributed by atoms with E-state index in [2.05, 4.69) is 4.74 Å². The number of benzene rings is 1. The van der Waals surface area contributed by atoms with Crippen LogP contribution in [0.3, 0.4) is 0 Å². The predicted octanol–water partition coefficient (Wildman–Crippen LogP) is 1.86. The number of rotatable bonds is 5. The van der Waals surface area contributed by atoms with E-state index in [0.717, 1.165) is 25.3 Å². The zero-order chi connectivity index (χ0) is 13.7. The lowest BCUT2D eigenvalue weighted by Gasteiger charge is -2.15.